The van der Waals surface area contributed by atoms with Gasteiger partial charge in [-0.15, -0.1) is 0 Å². The Hall–Kier alpha value is -3.08. The van der Waals surface area contributed by atoms with E-state index in [0.717, 1.165) is 11.3 Å². The average molecular weight is 339 g/mol. The van der Waals surface area contributed by atoms with Gasteiger partial charge < -0.3 is 14.5 Å². The third kappa shape index (κ3) is 5.21. The van der Waals surface area contributed by atoms with Crippen molar-refractivity contribution in [2.24, 2.45) is 0 Å². The van der Waals surface area contributed by atoms with E-state index >= 15 is 0 Å². The summed E-state index contributed by atoms with van der Waals surface area (Å²) in [6, 6.07) is 16.9. The summed E-state index contributed by atoms with van der Waals surface area (Å²) in [6.45, 7) is 0.452. The van der Waals surface area contributed by atoms with Crippen LogP contribution in [-0.2, 0) is 17.8 Å². The Morgan fingerprint density at radius 3 is 2.32 bits per heavy atom. The van der Waals surface area contributed by atoms with Crippen LogP contribution >= 0.6 is 0 Å². The Morgan fingerprint density at radius 2 is 1.68 bits per heavy atom. The predicted molar refractivity (Wildman–Crippen MR) is 91.8 cm³/mol. The molecule has 1 amide bonds. The molecule has 0 unspecified atom stereocenters. The monoisotopic (exact) mass is 339 g/mol. The van der Waals surface area contributed by atoms with Crippen LogP contribution in [0, 0.1) is 5.82 Å². The molecule has 0 radical (unpaired) electrons. The lowest BCUT2D eigenvalue weighted by Crippen LogP contribution is -2.22. The van der Waals surface area contributed by atoms with Gasteiger partial charge in [-0.1, -0.05) is 12.1 Å². The van der Waals surface area contributed by atoms with Gasteiger partial charge in [0.1, 0.15) is 23.1 Å². The number of carbonyl (C=O) groups is 1. The van der Waals surface area contributed by atoms with E-state index < -0.39 is 0 Å². The highest BCUT2D eigenvalue weighted by molar-refractivity contribution is 5.76. The Labute approximate surface area is 145 Å². The van der Waals surface area contributed by atoms with Crippen LogP contribution in [-0.4, -0.2) is 5.91 Å². The molecule has 5 heteroatoms. The van der Waals surface area contributed by atoms with Crippen LogP contribution in [0.3, 0.4) is 0 Å². The zero-order valence-corrected chi connectivity index (χ0v) is 13.6. The number of hydrogen-bond donors (Lipinski definition) is 1. The summed E-state index contributed by atoms with van der Waals surface area (Å²) in [5.74, 6) is 1.70. The van der Waals surface area contributed by atoms with Gasteiger partial charge in [-0.3, -0.25) is 4.79 Å². The van der Waals surface area contributed by atoms with Crippen molar-refractivity contribution in [3.8, 4) is 11.5 Å². The molecular formula is C20H18FNO3. The third-order valence-electron chi connectivity index (χ3n) is 3.64. The SMILES string of the molecule is O=C(CCc1ccco1)NCc1ccc(Oc2ccc(F)cc2)cc1. The molecule has 3 rings (SSSR count). The lowest BCUT2D eigenvalue weighted by Gasteiger charge is -2.08. The van der Waals surface area contributed by atoms with E-state index in [-0.39, 0.29) is 11.7 Å². The molecule has 2 aromatic carbocycles. The molecule has 1 N–H and O–H groups in total. The zero-order chi connectivity index (χ0) is 17.5. The summed E-state index contributed by atoms with van der Waals surface area (Å²) in [7, 11) is 0. The number of rotatable bonds is 7. The molecule has 0 fully saturated rings. The van der Waals surface area contributed by atoms with Gasteiger partial charge in [0, 0.05) is 19.4 Å². The van der Waals surface area contributed by atoms with Crippen LogP contribution < -0.4 is 10.1 Å². The predicted octanol–water partition coefficient (Wildman–Crippen LogP) is 4.46. The lowest BCUT2D eigenvalue weighted by molar-refractivity contribution is -0.121. The minimum absolute atomic E-state index is 0.0250. The standard InChI is InChI=1S/C20H18FNO3/c21-16-5-9-19(10-6-16)25-18-7-3-15(4-8-18)14-22-20(23)12-11-17-2-1-13-24-17/h1-10,13H,11-12,14H2,(H,22,23). The maximum atomic E-state index is 12.9. The summed E-state index contributed by atoms with van der Waals surface area (Å²) in [6.07, 6.45) is 2.57. The fourth-order valence-corrected chi connectivity index (χ4v) is 2.29. The molecule has 128 valence electrons. The fraction of sp³-hybridized carbons (Fsp3) is 0.150. The van der Waals surface area contributed by atoms with Crippen molar-refractivity contribution in [1.29, 1.82) is 0 Å². The summed E-state index contributed by atoms with van der Waals surface area (Å²) >= 11 is 0. The molecule has 0 atom stereocenters. The van der Waals surface area contributed by atoms with Gasteiger partial charge >= 0.3 is 0 Å². The number of furan rings is 1. The van der Waals surface area contributed by atoms with Gasteiger partial charge in [-0.25, -0.2) is 4.39 Å². The van der Waals surface area contributed by atoms with E-state index in [1.807, 2.05) is 36.4 Å². The summed E-state index contributed by atoms with van der Waals surface area (Å²) < 4.78 is 23.7. The molecule has 0 saturated heterocycles. The lowest BCUT2D eigenvalue weighted by atomic mass is 10.2. The topological polar surface area (TPSA) is 51.5 Å². The Morgan fingerprint density at radius 1 is 1.00 bits per heavy atom. The molecule has 0 spiro atoms. The highest BCUT2D eigenvalue weighted by Gasteiger charge is 2.04. The Bertz CT molecular complexity index is 796. The van der Waals surface area contributed by atoms with Crippen molar-refractivity contribution in [1.82, 2.24) is 5.32 Å². The Balaban J connectivity index is 1.45. The second-order valence-electron chi connectivity index (χ2n) is 5.56. The van der Waals surface area contributed by atoms with E-state index in [1.54, 1.807) is 18.4 Å². The number of nitrogens with one attached hydrogen (secondary N) is 1. The number of benzene rings is 2. The van der Waals surface area contributed by atoms with E-state index in [0.29, 0.717) is 30.9 Å². The largest absolute Gasteiger partial charge is 0.469 e. The molecule has 0 aliphatic carbocycles. The molecule has 4 nitrogen and oxygen atoms in total. The van der Waals surface area contributed by atoms with Crippen LogP contribution in [0.15, 0.2) is 71.3 Å². The van der Waals surface area contributed by atoms with Crippen LogP contribution in [0.1, 0.15) is 17.7 Å². The van der Waals surface area contributed by atoms with E-state index in [1.165, 1.54) is 12.1 Å². The maximum Gasteiger partial charge on any atom is 0.220 e. The quantitative estimate of drug-likeness (QED) is 0.691. The first kappa shape index (κ1) is 16.8. The summed E-state index contributed by atoms with van der Waals surface area (Å²) in [4.78, 5) is 11.8. The van der Waals surface area contributed by atoms with Crippen molar-refractivity contribution < 1.29 is 18.3 Å². The minimum atomic E-state index is -0.300. The van der Waals surface area contributed by atoms with E-state index in [9.17, 15) is 9.18 Å². The number of ether oxygens (including phenoxy) is 1. The summed E-state index contributed by atoms with van der Waals surface area (Å²) in [5, 5.41) is 2.87. The van der Waals surface area contributed by atoms with Gasteiger partial charge in [0.05, 0.1) is 6.26 Å². The van der Waals surface area contributed by atoms with Gasteiger partial charge in [0.25, 0.3) is 0 Å². The number of carbonyl (C=O) groups excluding carboxylic acids is 1. The van der Waals surface area contributed by atoms with Crippen molar-refractivity contribution in [3.05, 3.63) is 84.1 Å². The average Bonchev–Trinajstić information content (AvgIpc) is 3.15. The minimum Gasteiger partial charge on any atom is -0.469 e. The first-order valence-electron chi connectivity index (χ1n) is 8.00. The van der Waals surface area contributed by atoms with Crippen LogP contribution in [0.2, 0.25) is 0 Å². The van der Waals surface area contributed by atoms with Crippen molar-refractivity contribution in [2.45, 2.75) is 19.4 Å². The van der Waals surface area contributed by atoms with Crippen molar-refractivity contribution in [3.63, 3.8) is 0 Å². The number of aryl methyl sites for hydroxylation is 1. The number of amides is 1. The molecule has 0 bridgehead atoms. The molecule has 0 saturated carbocycles. The molecular weight excluding hydrogens is 321 g/mol. The van der Waals surface area contributed by atoms with Gasteiger partial charge in [-0.2, -0.15) is 0 Å². The molecule has 25 heavy (non-hydrogen) atoms. The molecule has 1 heterocycles. The highest BCUT2D eigenvalue weighted by Crippen LogP contribution is 2.21. The molecule has 1 aromatic heterocycles. The molecule has 0 aliphatic heterocycles. The second kappa shape index (κ2) is 8.15. The van der Waals surface area contributed by atoms with Gasteiger partial charge in [0.15, 0.2) is 0 Å². The molecule has 0 aliphatic rings. The maximum absolute atomic E-state index is 12.9. The second-order valence-corrected chi connectivity index (χ2v) is 5.56. The number of hydrogen-bond acceptors (Lipinski definition) is 3. The van der Waals surface area contributed by atoms with Gasteiger partial charge in [-0.05, 0) is 54.1 Å². The zero-order valence-electron chi connectivity index (χ0n) is 13.6. The normalized spacial score (nSPS) is 10.4. The first-order valence-corrected chi connectivity index (χ1v) is 8.00. The van der Waals surface area contributed by atoms with E-state index in [4.69, 9.17) is 9.15 Å². The number of halogens is 1. The van der Waals surface area contributed by atoms with E-state index in [2.05, 4.69) is 5.32 Å². The first-order chi connectivity index (χ1) is 12.2. The summed E-state index contributed by atoms with van der Waals surface area (Å²) in [5.41, 5.74) is 0.970. The van der Waals surface area contributed by atoms with Crippen molar-refractivity contribution >= 4 is 5.91 Å². The van der Waals surface area contributed by atoms with Crippen LogP contribution in [0.4, 0.5) is 4.39 Å². The fourth-order valence-electron chi connectivity index (χ4n) is 2.29. The smallest absolute Gasteiger partial charge is 0.220 e. The Kier molecular flexibility index (Phi) is 5.46. The highest BCUT2D eigenvalue weighted by atomic mass is 19.1. The van der Waals surface area contributed by atoms with Crippen LogP contribution in [0.25, 0.3) is 0 Å². The third-order valence-corrected chi connectivity index (χ3v) is 3.64. The molecule has 3 aromatic rings. The van der Waals surface area contributed by atoms with Crippen molar-refractivity contribution in [2.75, 3.05) is 0 Å². The van der Waals surface area contributed by atoms with Crippen LogP contribution in [0.5, 0.6) is 11.5 Å². The van der Waals surface area contributed by atoms with Gasteiger partial charge in [0.2, 0.25) is 5.91 Å².